The number of unbranched alkanes of at least 4 members (excludes halogenated alkanes) is 1. The van der Waals surface area contributed by atoms with Crippen LogP contribution in [0.1, 0.15) is 64.7 Å². The molecule has 0 aromatic heterocycles. The zero-order valence-electron chi connectivity index (χ0n) is 10.4. The van der Waals surface area contributed by atoms with Gasteiger partial charge in [0.1, 0.15) is 5.54 Å². The Bertz CT molecular complexity index is 224. The number of hydrogen-bond acceptors (Lipinski definition) is 2. The van der Waals surface area contributed by atoms with Crippen molar-refractivity contribution in [2.75, 3.05) is 0 Å². The molecule has 1 aliphatic carbocycles. The standard InChI is InChI=1S/C13H25NO2/c1-2-3-9-13(14,12(15)16)10-11-7-5-4-6-8-11/h11H,2-10,14H2,1H3,(H,15,16)/t13-/m0/s1. The summed E-state index contributed by atoms with van der Waals surface area (Å²) in [4.78, 5) is 11.3. The zero-order chi connectivity index (χ0) is 12.0. The van der Waals surface area contributed by atoms with Gasteiger partial charge in [0.2, 0.25) is 0 Å². The van der Waals surface area contributed by atoms with Gasteiger partial charge in [-0.1, -0.05) is 51.9 Å². The molecule has 0 saturated heterocycles. The number of aliphatic carboxylic acids is 1. The van der Waals surface area contributed by atoms with E-state index in [2.05, 4.69) is 6.92 Å². The Hall–Kier alpha value is -0.570. The average Bonchev–Trinajstić information content (AvgIpc) is 2.27. The van der Waals surface area contributed by atoms with Crippen LogP contribution in [-0.4, -0.2) is 16.6 Å². The molecule has 1 rings (SSSR count). The highest BCUT2D eigenvalue weighted by Crippen LogP contribution is 2.31. The van der Waals surface area contributed by atoms with E-state index < -0.39 is 11.5 Å². The molecular weight excluding hydrogens is 202 g/mol. The van der Waals surface area contributed by atoms with Gasteiger partial charge < -0.3 is 10.8 Å². The third kappa shape index (κ3) is 3.78. The van der Waals surface area contributed by atoms with Crippen molar-refractivity contribution in [2.24, 2.45) is 11.7 Å². The molecule has 1 fully saturated rings. The van der Waals surface area contributed by atoms with E-state index >= 15 is 0 Å². The summed E-state index contributed by atoms with van der Waals surface area (Å²) in [5, 5.41) is 9.26. The lowest BCUT2D eigenvalue weighted by molar-refractivity contribution is -0.144. The first kappa shape index (κ1) is 13.5. The number of carboxylic acids is 1. The molecule has 16 heavy (non-hydrogen) atoms. The van der Waals surface area contributed by atoms with Crippen molar-refractivity contribution < 1.29 is 9.90 Å². The quantitative estimate of drug-likeness (QED) is 0.733. The van der Waals surface area contributed by atoms with Gasteiger partial charge in [0.15, 0.2) is 0 Å². The fourth-order valence-electron chi connectivity index (χ4n) is 2.69. The summed E-state index contributed by atoms with van der Waals surface area (Å²) >= 11 is 0. The van der Waals surface area contributed by atoms with E-state index in [1.807, 2.05) is 0 Å². The van der Waals surface area contributed by atoms with Crippen LogP contribution in [0, 0.1) is 5.92 Å². The summed E-state index contributed by atoms with van der Waals surface area (Å²) in [5.41, 5.74) is 5.08. The van der Waals surface area contributed by atoms with Gasteiger partial charge in [-0.05, 0) is 18.8 Å². The highest BCUT2D eigenvalue weighted by atomic mass is 16.4. The first-order valence-corrected chi connectivity index (χ1v) is 6.61. The Balaban J connectivity index is 2.51. The number of carboxylic acid groups (broad SMARTS) is 1. The number of carbonyl (C=O) groups is 1. The highest BCUT2D eigenvalue weighted by molar-refractivity contribution is 5.78. The van der Waals surface area contributed by atoms with E-state index in [1.54, 1.807) is 0 Å². The summed E-state index contributed by atoms with van der Waals surface area (Å²) in [6.07, 6.45) is 9.33. The Morgan fingerprint density at radius 1 is 1.38 bits per heavy atom. The molecule has 3 nitrogen and oxygen atoms in total. The Morgan fingerprint density at radius 3 is 2.50 bits per heavy atom. The number of rotatable bonds is 6. The summed E-state index contributed by atoms with van der Waals surface area (Å²) in [6, 6.07) is 0. The van der Waals surface area contributed by atoms with Gasteiger partial charge in [0, 0.05) is 0 Å². The molecule has 0 aliphatic heterocycles. The molecule has 0 spiro atoms. The van der Waals surface area contributed by atoms with Gasteiger partial charge in [-0.25, -0.2) is 0 Å². The maximum Gasteiger partial charge on any atom is 0.323 e. The molecule has 0 radical (unpaired) electrons. The van der Waals surface area contributed by atoms with E-state index in [0.717, 1.165) is 12.8 Å². The topological polar surface area (TPSA) is 63.3 Å². The number of hydrogen-bond donors (Lipinski definition) is 2. The fourth-order valence-corrected chi connectivity index (χ4v) is 2.69. The highest BCUT2D eigenvalue weighted by Gasteiger charge is 2.35. The number of nitrogens with two attached hydrogens (primary N) is 1. The molecule has 1 aliphatic rings. The molecule has 0 heterocycles. The molecule has 0 bridgehead atoms. The maximum atomic E-state index is 11.3. The first-order chi connectivity index (χ1) is 7.58. The Kier molecular flexibility index (Phi) is 5.26. The first-order valence-electron chi connectivity index (χ1n) is 6.61. The van der Waals surface area contributed by atoms with Crippen LogP contribution < -0.4 is 5.73 Å². The van der Waals surface area contributed by atoms with Crippen LogP contribution in [0.4, 0.5) is 0 Å². The normalized spacial score (nSPS) is 21.6. The van der Waals surface area contributed by atoms with Crippen molar-refractivity contribution >= 4 is 5.97 Å². The molecule has 0 aromatic carbocycles. The smallest absolute Gasteiger partial charge is 0.323 e. The summed E-state index contributed by atoms with van der Waals surface area (Å²) < 4.78 is 0. The summed E-state index contributed by atoms with van der Waals surface area (Å²) in [6.45, 7) is 2.07. The minimum absolute atomic E-state index is 0.534. The van der Waals surface area contributed by atoms with Crippen LogP contribution in [0.25, 0.3) is 0 Å². The van der Waals surface area contributed by atoms with Gasteiger partial charge >= 0.3 is 5.97 Å². The second-order valence-electron chi connectivity index (χ2n) is 5.27. The van der Waals surface area contributed by atoms with E-state index in [0.29, 0.717) is 18.8 Å². The third-order valence-corrected chi connectivity index (χ3v) is 3.78. The predicted molar refractivity (Wildman–Crippen MR) is 65.3 cm³/mol. The van der Waals surface area contributed by atoms with Crippen molar-refractivity contribution in [3.8, 4) is 0 Å². The van der Waals surface area contributed by atoms with Crippen molar-refractivity contribution in [3.05, 3.63) is 0 Å². The summed E-state index contributed by atoms with van der Waals surface area (Å²) in [7, 11) is 0. The zero-order valence-corrected chi connectivity index (χ0v) is 10.4. The fraction of sp³-hybridized carbons (Fsp3) is 0.923. The monoisotopic (exact) mass is 227 g/mol. The minimum Gasteiger partial charge on any atom is -0.480 e. The molecule has 0 aromatic rings. The van der Waals surface area contributed by atoms with Crippen LogP contribution in [-0.2, 0) is 4.79 Å². The third-order valence-electron chi connectivity index (χ3n) is 3.78. The minimum atomic E-state index is -0.974. The second kappa shape index (κ2) is 6.24. The van der Waals surface area contributed by atoms with Crippen molar-refractivity contribution in [1.82, 2.24) is 0 Å². The van der Waals surface area contributed by atoms with Crippen molar-refractivity contribution in [3.63, 3.8) is 0 Å². The Labute approximate surface area is 98.4 Å². The molecule has 0 amide bonds. The van der Waals surface area contributed by atoms with Crippen LogP contribution in [0.3, 0.4) is 0 Å². The maximum absolute atomic E-state index is 11.3. The van der Waals surface area contributed by atoms with E-state index in [4.69, 9.17) is 5.73 Å². The van der Waals surface area contributed by atoms with Crippen molar-refractivity contribution in [1.29, 1.82) is 0 Å². The van der Waals surface area contributed by atoms with E-state index in [-0.39, 0.29) is 0 Å². The summed E-state index contributed by atoms with van der Waals surface area (Å²) in [5.74, 6) is -0.279. The van der Waals surface area contributed by atoms with Crippen LogP contribution in [0.5, 0.6) is 0 Å². The van der Waals surface area contributed by atoms with Gasteiger partial charge in [-0.3, -0.25) is 4.79 Å². The van der Waals surface area contributed by atoms with Gasteiger partial charge in [0.25, 0.3) is 0 Å². The van der Waals surface area contributed by atoms with Gasteiger partial charge in [-0.15, -0.1) is 0 Å². The molecule has 3 heteroatoms. The molecule has 0 unspecified atom stereocenters. The lowest BCUT2D eigenvalue weighted by atomic mass is 9.78. The average molecular weight is 227 g/mol. The van der Waals surface area contributed by atoms with E-state index in [1.165, 1.54) is 32.1 Å². The SMILES string of the molecule is CCCC[C@](N)(CC1CCCCC1)C(=O)O. The van der Waals surface area contributed by atoms with Crippen LogP contribution in [0.2, 0.25) is 0 Å². The van der Waals surface area contributed by atoms with Gasteiger partial charge in [-0.2, -0.15) is 0 Å². The van der Waals surface area contributed by atoms with Crippen LogP contribution >= 0.6 is 0 Å². The lowest BCUT2D eigenvalue weighted by Gasteiger charge is -2.31. The molecule has 1 saturated carbocycles. The van der Waals surface area contributed by atoms with Crippen LogP contribution in [0.15, 0.2) is 0 Å². The molecule has 1 atom stereocenters. The molecular formula is C13H25NO2. The Morgan fingerprint density at radius 2 is 2.00 bits per heavy atom. The lowest BCUT2D eigenvalue weighted by Crippen LogP contribution is -2.49. The van der Waals surface area contributed by atoms with Crippen molar-refractivity contribution in [2.45, 2.75) is 70.3 Å². The van der Waals surface area contributed by atoms with Gasteiger partial charge in [0.05, 0.1) is 0 Å². The largest absolute Gasteiger partial charge is 0.480 e. The molecule has 3 N–H and O–H groups in total. The second-order valence-corrected chi connectivity index (χ2v) is 5.27. The predicted octanol–water partition coefficient (Wildman–Crippen LogP) is 2.93. The van der Waals surface area contributed by atoms with E-state index in [9.17, 15) is 9.90 Å². The molecule has 94 valence electrons.